The van der Waals surface area contributed by atoms with E-state index in [0.29, 0.717) is 17.1 Å². The van der Waals surface area contributed by atoms with Gasteiger partial charge in [0, 0.05) is 39.1 Å². The summed E-state index contributed by atoms with van der Waals surface area (Å²) in [5.41, 5.74) is 8.79. The molecule has 8 aromatic carbocycles. The maximum absolute atomic E-state index is 9.78. The monoisotopic (exact) mass is 782 g/mol. The van der Waals surface area contributed by atoms with Crippen LogP contribution in [0.5, 0.6) is 0 Å². The summed E-state index contributed by atoms with van der Waals surface area (Å²) in [5, 5.41) is 24.2. The van der Waals surface area contributed by atoms with E-state index >= 15 is 0 Å². The Morgan fingerprint density at radius 2 is 0.770 bits per heavy atom. The molecule has 0 bridgehead atoms. The maximum atomic E-state index is 9.78. The highest BCUT2D eigenvalue weighted by molar-refractivity contribution is 6.00. The van der Waals surface area contributed by atoms with Crippen molar-refractivity contribution in [2.45, 2.75) is 0 Å². The van der Waals surface area contributed by atoms with Gasteiger partial charge in [0.25, 0.3) is 0 Å². The minimum atomic E-state index is 0.0117. The first-order valence-corrected chi connectivity index (χ1v) is 20.0. The van der Waals surface area contributed by atoms with Gasteiger partial charge in [-0.2, -0.15) is 10.5 Å². The summed E-state index contributed by atoms with van der Waals surface area (Å²) >= 11 is 0. The van der Waals surface area contributed by atoms with Gasteiger partial charge in [-0.3, -0.25) is 0 Å². The maximum Gasteiger partial charge on any atom is 0.137 e. The Hall–Kier alpha value is -8.64. The van der Waals surface area contributed by atoms with Crippen molar-refractivity contribution < 1.29 is 4.74 Å². The standard InChI is InChI=1S/C56H38N4O/c57-39-46(40-58)45-37-51(35-29-41-25-31-49(32-26-41)59(47-17-3-1-4-18-47)55-23-11-15-43-13-7-9-21-53(43)55)61-52(38-45)36-30-42-27-33-50(34-28-42)60(48-19-5-2-6-20-48)56-24-12-16-44-14-8-10-22-54(44)56/h1-38H/b35-29+,36-30+. The molecular weight excluding hydrogens is 745 g/mol. The number of nitriles is 2. The van der Waals surface area contributed by atoms with Crippen LogP contribution in [0, 0.1) is 22.7 Å². The summed E-state index contributed by atoms with van der Waals surface area (Å²) in [6.45, 7) is 0. The number of nitrogens with zero attached hydrogens (tertiary/aromatic N) is 4. The summed E-state index contributed by atoms with van der Waals surface area (Å²) in [5.74, 6) is 1.02. The summed E-state index contributed by atoms with van der Waals surface area (Å²) in [6.07, 6.45) is 11.1. The Morgan fingerprint density at radius 3 is 1.20 bits per heavy atom. The molecular formula is C56H38N4O. The molecule has 0 unspecified atom stereocenters. The van der Waals surface area contributed by atoms with E-state index in [1.165, 1.54) is 21.5 Å². The van der Waals surface area contributed by atoms with Crippen LogP contribution in [0.3, 0.4) is 0 Å². The van der Waals surface area contributed by atoms with Gasteiger partial charge in [0.15, 0.2) is 0 Å². The summed E-state index contributed by atoms with van der Waals surface area (Å²) in [4.78, 5) is 4.54. The lowest BCUT2D eigenvalue weighted by Crippen LogP contribution is -2.10. The predicted molar refractivity (Wildman–Crippen MR) is 251 cm³/mol. The van der Waals surface area contributed by atoms with Crippen LogP contribution in [0.1, 0.15) is 11.1 Å². The molecule has 5 nitrogen and oxygen atoms in total. The lowest BCUT2D eigenvalue weighted by atomic mass is 10.0. The molecule has 1 aliphatic rings. The molecule has 0 spiro atoms. The summed E-state index contributed by atoms with van der Waals surface area (Å²) in [7, 11) is 0. The molecule has 0 N–H and O–H groups in total. The number of ether oxygens (including phenoxy) is 1. The second kappa shape index (κ2) is 17.5. The van der Waals surface area contributed by atoms with E-state index in [4.69, 9.17) is 4.74 Å². The van der Waals surface area contributed by atoms with Crippen molar-refractivity contribution in [2.75, 3.05) is 9.80 Å². The molecule has 5 heteroatoms. The molecule has 0 radical (unpaired) electrons. The third-order valence-corrected chi connectivity index (χ3v) is 10.6. The zero-order valence-corrected chi connectivity index (χ0v) is 33.1. The van der Waals surface area contributed by atoms with Gasteiger partial charge in [-0.1, -0.05) is 146 Å². The molecule has 1 aliphatic heterocycles. The molecule has 61 heavy (non-hydrogen) atoms. The molecule has 0 aromatic heterocycles. The quantitative estimate of drug-likeness (QED) is 0.129. The van der Waals surface area contributed by atoms with E-state index in [2.05, 4.69) is 192 Å². The van der Waals surface area contributed by atoms with E-state index < -0.39 is 0 Å². The van der Waals surface area contributed by atoms with Crippen molar-refractivity contribution in [3.8, 4) is 12.1 Å². The lowest BCUT2D eigenvalue weighted by molar-refractivity contribution is 0.332. The fourth-order valence-electron chi connectivity index (χ4n) is 7.65. The molecule has 0 fully saturated rings. The molecule has 0 saturated carbocycles. The number of anilines is 6. The average Bonchev–Trinajstić information content (AvgIpc) is 3.32. The highest BCUT2D eigenvalue weighted by atomic mass is 16.5. The van der Waals surface area contributed by atoms with Gasteiger partial charge in [0.2, 0.25) is 0 Å². The molecule has 9 rings (SSSR count). The van der Waals surface area contributed by atoms with Gasteiger partial charge in [-0.25, -0.2) is 0 Å². The van der Waals surface area contributed by atoms with E-state index in [1.807, 2.05) is 48.6 Å². The first-order valence-electron chi connectivity index (χ1n) is 20.0. The van der Waals surface area contributed by atoms with Gasteiger partial charge in [0.05, 0.1) is 11.4 Å². The molecule has 0 saturated heterocycles. The first-order chi connectivity index (χ1) is 30.1. The van der Waals surface area contributed by atoms with Crippen LogP contribution >= 0.6 is 0 Å². The van der Waals surface area contributed by atoms with E-state index in [-0.39, 0.29) is 5.57 Å². The molecule has 0 atom stereocenters. The van der Waals surface area contributed by atoms with Crippen LogP contribution in [-0.4, -0.2) is 0 Å². The molecule has 0 aliphatic carbocycles. The van der Waals surface area contributed by atoms with Gasteiger partial charge in [-0.05, 0) is 107 Å². The Bertz CT molecular complexity index is 2890. The minimum Gasteiger partial charge on any atom is -0.457 e. The molecule has 8 aromatic rings. The van der Waals surface area contributed by atoms with E-state index in [9.17, 15) is 10.5 Å². The van der Waals surface area contributed by atoms with Crippen LogP contribution < -0.4 is 9.80 Å². The number of hydrogen-bond acceptors (Lipinski definition) is 5. The summed E-state index contributed by atoms with van der Waals surface area (Å²) < 4.78 is 6.32. The highest BCUT2D eigenvalue weighted by Gasteiger charge is 2.17. The van der Waals surface area contributed by atoms with Crippen molar-refractivity contribution in [3.63, 3.8) is 0 Å². The Kier molecular flexibility index (Phi) is 10.9. The Labute approximate surface area is 355 Å². The molecule has 1 heterocycles. The predicted octanol–water partition coefficient (Wildman–Crippen LogP) is 14.8. The van der Waals surface area contributed by atoms with Gasteiger partial charge in [-0.15, -0.1) is 0 Å². The second-order valence-corrected chi connectivity index (χ2v) is 14.4. The van der Waals surface area contributed by atoms with Gasteiger partial charge < -0.3 is 14.5 Å². The van der Waals surface area contributed by atoms with Gasteiger partial charge >= 0.3 is 0 Å². The third kappa shape index (κ3) is 8.22. The van der Waals surface area contributed by atoms with Gasteiger partial charge in [0.1, 0.15) is 29.2 Å². The Morgan fingerprint density at radius 1 is 0.393 bits per heavy atom. The largest absolute Gasteiger partial charge is 0.457 e. The van der Waals surface area contributed by atoms with Crippen molar-refractivity contribution in [2.24, 2.45) is 0 Å². The zero-order chi connectivity index (χ0) is 41.4. The van der Waals surface area contributed by atoms with Crippen LogP contribution in [0.25, 0.3) is 33.7 Å². The molecule has 288 valence electrons. The van der Waals surface area contributed by atoms with Crippen molar-refractivity contribution in [1.29, 1.82) is 10.5 Å². The Balaban J connectivity index is 0.965. The molecule has 0 amide bonds. The van der Waals surface area contributed by atoms with Crippen LogP contribution in [0.2, 0.25) is 0 Å². The number of hydrogen-bond donors (Lipinski definition) is 0. The number of fused-ring (bicyclic) bond motifs is 2. The van der Waals surface area contributed by atoms with Crippen molar-refractivity contribution >= 4 is 67.8 Å². The number of rotatable bonds is 10. The average molecular weight is 783 g/mol. The fourth-order valence-corrected chi connectivity index (χ4v) is 7.65. The normalized spacial score (nSPS) is 12.4. The SMILES string of the molecule is N#CC(C#N)=C1C=C(/C=C/c2ccc(N(c3ccccc3)c3cccc4ccccc34)cc2)OC(/C=C/c2ccc(N(c3ccccc3)c3cccc4ccccc34)cc2)=C1. The number of allylic oxidation sites excluding steroid dienone is 6. The third-order valence-electron chi connectivity index (χ3n) is 10.6. The lowest BCUT2D eigenvalue weighted by Gasteiger charge is -2.27. The van der Waals surface area contributed by atoms with Crippen molar-refractivity contribution in [1.82, 2.24) is 0 Å². The van der Waals surface area contributed by atoms with Crippen molar-refractivity contribution in [3.05, 3.63) is 252 Å². The zero-order valence-electron chi connectivity index (χ0n) is 33.1. The number of para-hydroxylation sites is 2. The highest BCUT2D eigenvalue weighted by Crippen LogP contribution is 2.40. The number of benzene rings is 8. The summed E-state index contributed by atoms with van der Waals surface area (Å²) in [6, 6.07) is 71.2. The van der Waals surface area contributed by atoms with E-state index in [1.54, 1.807) is 12.2 Å². The topological polar surface area (TPSA) is 63.3 Å². The first kappa shape index (κ1) is 37.9. The fraction of sp³-hybridized carbons (Fsp3) is 0. The van der Waals surface area contributed by atoms with Crippen LogP contribution in [0.15, 0.2) is 241 Å². The van der Waals surface area contributed by atoms with E-state index in [0.717, 1.165) is 45.3 Å². The minimum absolute atomic E-state index is 0.0117. The smallest absolute Gasteiger partial charge is 0.137 e. The van der Waals surface area contributed by atoms with Crippen LogP contribution in [-0.2, 0) is 4.74 Å². The second-order valence-electron chi connectivity index (χ2n) is 14.4. The van der Waals surface area contributed by atoms with Crippen LogP contribution in [0.4, 0.5) is 34.1 Å².